The van der Waals surface area contributed by atoms with E-state index < -0.39 is 12.0 Å². The van der Waals surface area contributed by atoms with E-state index in [1.165, 1.54) is 11.1 Å². The van der Waals surface area contributed by atoms with E-state index in [0.29, 0.717) is 6.54 Å². The molecule has 0 aliphatic heterocycles. The summed E-state index contributed by atoms with van der Waals surface area (Å²) in [4.78, 5) is 11.4. The largest absolute Gasteiger partial charge is 0.382 e. The van der Waals surface area contributed by atoms with Gasteiger partial charge in [0.15, 0.2) is 0 Å². The van der Waals surface area contributed by atoms with Crippen LogP contribution in [0.5, 0.6) is 0 Å². The SMILES string of the molecule is Cc1cc(C)c(CNC(=O)C(O)CN)cc1C. The van der Waals surface area contributed by atoms with Crippen molar-refractivity contribution in [3.05, 3.63) is 34.4 Å². The molecule has 4 heteroatoms. The van der Waals surface area contributed by atoms with Crippen LogP contribution in [0.4, 0.5) is 0 Å². The second-order valence-corrected chi connectivity index (χ2v) is 4.33. The summed E-state index contributed by atoms with van der Waals surface area (Å²) in [6.07, 6.45) is -1.12. The average molecular weight is 236 g/mol. The summed E-state index contributed by atoms with van der Waals surface area (Å²) in [6.45, 7) is 6.46. The standard InChI is InChI=1S/C13H20N2O2/c1-8-4-10(3)11(5-9(8)2)7-15-13(17)12(16)6-14/h4-5,12,16H,6-7,14H2,1-3H3,(H,15,17). The van der Waals surface area contributed by atoms with Crippen LogP contribution >= 0.6 is 0 Å². The Hall–Kier alpha value is -1.39. The maximum atomic E-state index is 11.4. The highest BCUT2D eigenvalue weighted by atomic mass is 16.3. The number of hydrogen-bond donors (Lipinski definition) is 3. The Labute approximate surface area is 102 Å². The van der Waals surface area contributed by atoms with Crippen molar-refractivity contribution in [2.75, 3.05) is 6.54 Å². The van der Waals surface area contributed by atoms with Gasteiger partial charge in [0.05, 0.1) is 0 Å². The molecule has 0 heterocycles. The monoisotopic (exact) mass is 236 g/mol. The van der Waals surface area contributed by atoms with E-state index in [9.17, 15) is 9.90 Å². The molecule has 0 saturated heterocycles. The molecule has 1 aromatic rings. The summed E-state index contributed by atoms with van der Waals surface area (Å²) in [5.74, 6) is -0.426. The number of amides is 1. The molecule has 4 nitrogen and oxygen atoms in total. The third-order valence-corrected chi connectivity index (χ3v) is 2.93. The number of nitrogens with two attached hydrogens (primary N) is 1. The van der Waals surface area contributed by atoms with E-state index in [2.05, 4.69) is 24.4 Å². The third kappa shape index (κ3) is 3.54. The van der Waals surface area contributed by atoms with E-state index in [0.717, 1.165) is 11.1 Å². The van der Waals surface area contributed by atoms with E-state index in [-0.39, 0.29) is 6.54 Å². The van der Waals surface area contributed by atoms with Crippen LogP contribution in [0, 0.1) is 20.8 Å². The molecule has 1 atom stereocenters. The van der Waals surface area contributed by atoms with Crippen LogP contribution < -0.4 is 11.1 Å². The van der Waals surface area contributed by atoms with Gasteiger partial charge in [0.1, 0.15) is 6.10 Å². The summed E-state index contributed by atoms with van der Waals surface area (Å²) in [7, 11) is 0. The number of carbonyl (C=O) groups is 1. The van der Waals surface area contributed by atoms with Crippen molar-refractivity contribution in [3.8, 4) is 0 Å². The minimum atomic E-state index is -1.12. The maximum Gasteiger partial charge on any atom is 0.250 e. The normalized spacial score (nSPS) is 12.3. The van der Waals surface area contributed by atoms with E-state index in [4.69, 9.17) is 5.73 Å². The Bertz CT molecular complexity index is 416. The maximum absolute atomic E-state index is 11.4. The first kappa shape index (κ1) is 13.7. The van der Waals surface area contributed by atoms with Crippen LogP contribution in [0.3, 0.4) is 0 Å². The molecule has 94 valence electrons. The number of carbonyl (C=O) groups excluding carboxylic acids is 1. The lowest BCUT2D eigenvalue weighted by Gasteiger charge is -2.12. The number of benzene rings is 1. The molecular formula is C13H20N2O2. The first-order valence-corrected chi connectivity index (χ1v) is 5.68. The first-order valence-electron chi connectivity index (χ1n) is 5.68. The topological polar surface area (TPSA) is 75.3 Å². The molecule has 1 amide bonds. The number of aryl methyl sites for hydroxylation is 3. The highest BCUT2D eigenvalue weighted by Gasteiger charge is 2.12. The molecule has 4 N–H and O–H groups in total. The van der Waals surface area contributed by atoms with Gasteiger partial charge in [-0.1, -0.05) is 12.1 Å². The molecule has 1 rings (SSSR count). The van der Waals surface area contributed by atoms with Gasteiger partial charge in [-0.3, -0.25) is 4.79 Å². The smallest absolute Gasteiger partial charge is 0.250 e. The molecule has 0 aliphatic carbocycles. The number of hydrogen-bond acceptors (Lipinski definition) is 3. The first-order chi connectivity index (χ1) is 7.95. The Morgan fingerprint density at radius 3 is 2.47 bits per heavy atom. The highest BCUT2D eigenvalue weighted by molar-refractivity contribution is 5.80. The molecule has 0 bridgehead atoms. The van der Waals surface area contributed by atoms with Crippen molar-refractivity contribution in [3.63, 3.8) is 0 Å². The van der Waals surface area contributed by atoms with Crippen LogP contribution in [-0.4, -0.2) is 23.7 Å². The van der Waals surface area contributed by atoms with E-state index in [1.807, 2.05) is 13.8 Å². The van der Waals surface area contributed by atoms with Crippen molar-refractivity contribution in [2.24, 2.45) is 5.73 Å². The van der Waals surface area contributed by atoms with Crippen LogP contribution in [0.15, 0.2) is 12.1 Å². The number of nitrogens with one attached hydrogen (secondary N) is 1. The summed E-state index contributed by atoms with van der Waals surface area (Å²) in [5.41, 5.74) is 9.83. The van der Waals surface area contributed by atoms with Crippen molar-refractivity contribution in [1.82, 2.24) is 5.32 Å². The van der Waals surface area contributed by atoms with Gasteiger partial charge in [-0.15, -0.1) is 0 Å². The zero-order valence-corrected chi connectivity index (χ0v) is 10.6. The Morgan fingerprint density at radius 2 is 1.88 bits per heavy atom. The number of aliphatic hydroxyl groups is 1. The molecule has 17 heavy (non-hydrogen) atoms. The molecule has 0 aliphatic rings. The number of rotatable bonds is 4. The third-order valence-electron chi connectivity index (χ3n) is 2.93. The van der Waals surface area contributed by atoms with Gasteiger partial charge in [0.2, 0.25) is 5.91 Å². The molecule has 0 radical (unpaired) electrons. The zero-order chi connectivity index (χ0) is 13.0. The van der Waals surface area contributed by atoms with E-state index in [1.54, 1.807) is 0 Å². The summed E-state index contributed by atoms with van der Waals surface area (Å²) < 4.78 is 0. The fourth-order valence-corrected chi connectivity index (χ4v) is 1.62. The molecule has 0 aromatic heterocycles. The van der Waals surface area contributed by atoms with Crippen molar-refractivity contribution in [1.29, 1.82) is 0 Å². The van der Waals surface area contributed by atoms with E-state index >= 15 is 0 Å². The lowest BCUT2D eigenvalue weighted by molar-refractivity contribution is -0.128. The van der Waals surface area contributed by atoms with Crippen LogP contribution in [-0.2, 0) is 11.3 Å². The van der Waals surface area contributed by atoms with Gasteiger partial charge in [-0.25, -0.2) is 0 Å². The predicted molar refractivity (Wildman–Crippen MR) is 67.6 cm³/mol. The van der Waals surface area contributed by atoms with Gasteiger partial charge >= 0.3 is 0 Å². The van der Waals surface area contributed by atoms with Crippen molar-refractivity contribution in [2.45, 2.75) is 33.4 Å². The fraction of sp³-hybridized carbons (Fsp3) is 0.462. The summed E-state index contributed by atoms with van der Waals surface area (Å²) >= 11 is 0. The highest BCUT2D eigenvalue weighted by Crippen LogP contribution is 2.15. The fourth-order valence-electron chi connectivity index (χ4n) is 1.62. The summed E-state index contributed by atoms with van der Waals surface area (Å²) in [5, 5.41) is 11.9. The van der Waals surface area contributed by atoms with Crippen molar-refractivity contribution < 1.29 is 9.90 Å². The second-order valence-electron chi connectivity index (χ2n) is 4.33. The quantitative estimate of drug-likeness (QED) is 0.714. The molecular weight excluding hydrogens is 216 g/mol. The number of aliphatic hydroxyl groups excluding tert-OH is 1. The zero-order valence-electron chi connectivity index (χ0n) is 10.6. The van der Waals surface area contributed by atoms with Crippen LogP contribution in [0.1, 0.15) is 22.3 Å². The Kier molecular flexibility index (Phi) is 4.66. The molecule has 0 spiro atoms. The predicted octanol–water partition coefficient (Wildman–Crippen LogP) is 0.548. The van der Waals surface area contributed by atoms with Gasteiger partial charge in [-0.2, -0.15) is 0 Å². The van der Waals surface area contributed by atoms with Gasteiger partial charge in [0, 0.05) is 13.1 Å². The second kappa shape index (κ2) is 5.80. The van der Waals surface area contributed by atoms with Crippen LogP contribution in [0.25, 0.3) is 0 Å². The Balaban J connectivity index is 2.70. The lowest BCUT2D eigenvalue weighted by atomic mass is 10.0. The average Bonchev–Trinajstić information content (AvgIpc) is 2.30. The van der Waals surface area contributed by atoms with Gasteiger partial charge < -0.3 is 16.2 Å². The summed E-state index contributed by atoms with van der Waals surface area (Å²) in [6, 6.07) is 4.15. The lowest BCUT2D eigenvalue weighted by Crippen LogP contribution is -2.38. The van der Waals surface area contributed by atoms with Gasteiger partial charge in [0.25, 0.3) is 0 Å². The molecule has 1 aromatic carbocycles. The van der Waals surface area contributed by atoms with Gasteiger partial charge in [-0.05, 0) is 43.0 Å². The minimum Gasteiger partial charge on any atom is -0.382 e. The molecule has 0 fully saturated rings. The minimum absolute atomic E-state index is 0.0578. The van der Waals surface area contributed by atoms with Crippen LogP contribution in [0.2, 0.25) is 0 Å². The Morgan fingerprint density at radius 1 is 1.29 bits per heavy atom. The molecule has 0 saturated carbocycles. The van der Waals surface area contributed by atoms with Crippen molar-refractivity contribution >= 4 is 5.91 Å². The molecule has 1 unspecified atom stereocenters.